The third kappa shape index (κ3) is 9.64. The van der Waals surface area contributed by atoms with Gasteiger partial charge in [-0.1, -0.05) is 103 Å². The SMILES string of the molecule is O=C(N[C@@H](CCCCCCSSc1ccccn1)C(=O)Nc1cccc2ccccc12)OCc1ccccc1. The molecular formula is C31H33N3O3S2. The lowest BCUT2D eigenvalue weighted by molar-refractivity contribution is -0.118. The van der Waals surface area contributed by atoms with Gasteiger partial charge in [-0.3, -0.25) is 4.79 Å². The second kappa shape index (κ2) is 15.8. The van der Waals surface area contributed by atoms with E-state index in [0.29, 0.717) is 6.42 Å². The zero-order valence-electron chi connectivity index (χ0n) is 21.8. The van der Waals surface area contributed by atoms with Gasteiger partial charge in [0.2, 0.25) is 5.91 Å². The first-order valence-corrected chi connectivity index (χ1v) is 15.5. The molecule has 0 aliphatic rings. The molecule has 3 aromatic carbocycles. The summed E-state index contributed by atoms with van der Waals surface area (Å²) in [6.07, 6.45) is 5.70. The third-order valence-corrected chi connectivity index (χ3v) is 8.47. The number of carbonyl (C=O) groups excluding carboxylic acids is 2. The summed E-state index contributed by atoms with van der Waals surface area (Å²) in [5.74, 6) is 0.793. The summed E-state index contributed by atoms with van der Waals surface area (Å²) in [6, 6.07) is 28.4. The second-order valence-corrected chi connectivity index (χ2v) is 11.5. The zero-order valence-corrected chi connectivity index (χ0v) is 23.4. The number of carbonyl (C=O) groups is 2. The lowest BCUT2D eigenvalue weighted by Gasteiger charge is -2.19. The summed E-state index contributed by atoms with van der Waals surface area (Å²) in [5, 5.41) is 8.85. The van der Waals surface area contributed by atoms with Gasteiger partial charge in [0.15, 0.2) is 0 Å². The Morgan fingerprint density at radius 2 is 1.59 bits per heavy atom. The topological polar surface area (TPSA) is 80.3 Å². The molecule has 0 fully saturated rings. The van der Waals surface area contributed by atoms with Crippen LogP contribution in [0.15, 0.2) is 102 Å². The van der Waals surface area contributed by atoms with E-state index >= 15 is 0 Å². The van der Waals surface area contributed by atoms with E-state index in [0.717, 1.165) is 58.5 Å². The Morgan fingerprint density at radius 3 is 2.44 bits per heavy atom. The molecule has 8 heteroatoms. The van der Waals surface area contributed by atoms with Gasteiger partial charge in [0.1, 0.15) is 17.7 Å². The van der Waals surface area contributed by atoms with E-state index < -0.39 is 12.1 Å². The molecule has 4 rings (SSSR count). The Kier molecular flexibility index (Phi) is 11.6. The Bertz CT molecular complexity index is 1320. The van der Waals surface area contributed by atoms with E-state index in [4.69, 9.17) is 4.74 Å². The number of hydrogen-bond donors (Lipinski definition) is 2. The summed E-state index contributed by atoms with van der Waals surface area (Å²) < 4.78 is 5.40. The number of rotatable bonds is 14. The normalized spacial score (nSPS) is 11.6. The molecule has 0 radical (unpaired) electrons. The average molecular weight is 560 g/mol. The number of benzene rings is 3. The first-order chi connectivity index (χ1) is 19.2. The zero-order chi connectivity index (χ0) is 27.1. The first-order valence-electron chi connectivity index (χ1n) is 13.2. The van der Waals surface area contributed by atoms with Gasteiger partial charge in [-0.25, -0.2) is 9.78 Å². The predicted molar refractivity (Wildman–Crippen MR) is 162 cm³/mol. The first kappa shape index (κ1) is 28.5. The van der Waals surface area contributed by atoms with Crippen LogP contribution in [-0.2, 0) is 16.1 Å². The van der Waals surface area contributed by atoms with Crippen LogP contribution in [0, 0.1) is 0 Å². The number of amides is 2. The Balaban J connectivity index is 1.27. The number of unbranched alkanes of at least 4 members (excludes halogenated alkanes) is 3. The summed E-state index contributed by atoms with van der Waals surface area (Å²) in [4.78, 5) is 30.2. The Morgan fingerprint density at radius 1 is 0.821 bits per heavy atom. The lowest BCUT2D eigenvalue weighted by Crippen LogP contribution is -2.44. The molecule has 0 saturated carbocycles. The van der Waals surface area contributed by atoms with E-state index in [9.17, 15) is 9.59 Å². The van der Waals surface area contributed by atoms with Gasteiger partial charge < -0.3 is 15.4 Å². The van der Waals surface area contributed by atoms with Gasteiger partial charge in [-0.2, -0.15) is 0 Å². The van der Waals surface area contributed by atoms with Crippen LogP contribution in [0.25, 0.3) is 10.8 Å². The van der Waals surface area contributed by atoms with E-state index in [1.807, 2.05) is 91.0 Å². The van der Waals surface area contributed by atoms with Crippen LogP contribution < -0.4 is 10.6 Å². The van der Waals surface area contributed by atoms with E-state index in [1.165, 1.54) is 0 Å². The number of pyridine rings is 1. The molecule has 202 valence electrons. The monoisotopic (exact) mass is 559 g/mol. The molecule has 4 aromatic rings. The van der Waals surface area contributed by atoms with Crippen molar-refractivity contribution in [3.63, 3.8) is 0 Å². The molecule has 1 heterocycles. The summed E-state index contributed by atoms with van der Waals surface area (Å²) in [7, 11) is 3.50. The molecule has 0 bridgehead atoms. The van der Waals surface area contributed by atoms with Crippen molar-refractivity contribution in [3.8, 4) is 0 Å². The highest BCUT2D eigenvalue weighted by molar-refractivity contribution is 8.76. The van der Waals surface area contributed by atoms with Crippen molar-refractivity contribution in [1.82, 2.24) is 10.3 Å². The van der Waals surface area contributed by atoms with Crippen LogP contribution >= 0.6 is 21.6 Å². The molecule has 2 N–H and O–H groups in total. The van der Waals surface area contributed by atoms with Crippen molar-refractivity contribution in [3.05, 3.63) is 103 Å². The molecule has 0 aliphatic carbocycles. The predicted octanol–water partition coefficient (Wildman–Crippen LogP) is 7.86. The maximum Gasteiger partial charge on any atom is 0.408 e. The number of hydrogen-bond acceptors (Lipinski definition) is 6. The van der Waals surface area contributed by atoms with Gasteiger partial charge in [-0.15, -0.1) is 0 Å². The lowest BCUT2D eigenvalue weighted by atomic mass is 10.1. The van der Waals surface area contributed by atoms with Crippen LogP contribution in [0.5, 0.6) is 0 Å². The quantitative estimate of drug-likeness (QED) is 0.121. The van der Waals surface area contributed by atoms with Crippen molar-refractivity contribution < 1.29 is 14.3 Å². The molecule has 0 aliphatic heterocycles. The maximum atomic E-state index is 13.3. The van der Waals surface area contributed by atoms with Crippen molar-refractivity contribution in [2.45, 2.75) is 49.8 Å². The summed E-state index contributed by atoms with van der Waals surface area (Å²) >= 11 is 0. The molecule has 6 nitrogen and oxygen atoms in total. The highest BCUT2D eigenvalue weighted by Gasteiger charge is 2.22. The fourth-order valence-corrected chi connectivity index (χ4v) is 6.12. The molecular weight excluding hydrogens is 526 g/mol. The van der Waals surface area contributed by atoms with Crippen LogP contribution in [0.2, 0.25) is 0 Å². The molecule has 0 unspecified atom stereocenters. The largest absolute Gasteiger partial charge is 0.445 e. The van der Waals surface area contributed by atoms with E-state index in [-0.39, 0.29) is 12.5 Å². The van der Waals surface area contributed by atoms with Crippen LogP contribution in [0.1, 0.15) is 37.7 Å². The number of alkyl carbamates (subject to hydrolysis) is 1. The van der Waals surface area contributed by atoms with Gasteiger partial charge in [0, 0.05) is 23.0 Å². The number of ether oxygens (including phenoxy) is 1. The minimum atomic E-state index is -0.693. The van der Waals surface area contributed by atoms with Crippen molar-refractivity contribution in [2.75, 3.05) is 11.1 Å². The molecule has 2 amide bonds. The minimum Gasteiger partial charge on any atom is -0.445 e. The van der Waals surface area contributed by atoms with Gasteiger partial charge in [0.05, 0.1) is 0 Å². The summed E-state index contributed by atoms with van der Waals surface area (Å²) in [5.41, 5.74) is 1.62. The standard InChI is InChI=1S/C31H33N3O3S2/c35-30(33-27-19-12-16-25-15-7-8-17-26(25)27)28(34-31(36)37-23-24-13-4-3-5-14-24)18-6-1-2-11-22-38-39-29-20-9-10-21-32-29/h3-5,7-10,12-17,19-21,28H,1-2,6,11,18,22-23H2,(H,33,35)(H,34,36)/t28-/m0/s1. The number of fused-ring (bicyclic) bond motifs is 1. The van der Waals surface area contributed by atoms with E-state index in [1.54, 1.807) is 27.8 Å². The Labute approximate surface area is 237 Å². The fraction of sp³-hybridized carbons (Fsp3) is 0.258. The number of nitrogens with one attached hydrogen (secondary N) is 2. The minimum absolute atomic E-state index is 0.151. The van der Waals surface area contributed by atoms with Crippen LogP contribution in [-0.4, -0.2) is 28.8 Å². The highest BCUT2D eigenvalue weighted by Crippen LogP contribution is 2.30. The maximum absolute atomic E-state index is 13.3. The van der Waals surface area contributed by atoms with Crippen LogP contribution in [0.3, 0.4) is 0 Å². The van der Waals surface area contributed by atoms with Crippen molar-refractivity contribution in [2.24, 2.45) is 0 Å². The number of anilines is 1. The van der Waals surface area contributed by atoms with Crippen LogP contribution in [0.4, 0.5) is 10.5 Å². The summed E-state index contributed by atoms with van der Waals surface area (Å²) in [6.45, 7) is 0.151. The molecule has 39 heavy (non-hydrogen) atoms. The van der Waals surface area contributed by atoms with Gasteiger partial charge in [0.25, 0.3) is 0 Å². The fourth-order valence-electron chi connectivity index (χ4n) is 4.09. The molecule has 1 atom stereocenters. The van der Waals surface area contributed by atoms with E-state index in [2.05, 4.69) is 15.6 Å². The third-order valence-electron chi connectivity index (χ3n) is 6.12. The van der Waals surface area contributed by atoms with Gasteiger partial charge >= 0.3 is 6.09 Å². The number of nitrogens with zero attached hydrogens (tertiary/aromatic N) is 1. The van der Waals surface area contributed by atoms with Crippen molar-refractivity contribution in [1.29, 1.82) is 0 Å². The molecule has 1 aromatic heterocycles. The smallest absolute Gasteiger partial charge is 0.408 e. The molecule has 0 saturated heterocycles. The second-order valence-electron chi connectivity index (χ2n) is 9.05. The van der Waals surface area contributed by atoms with Gasteiger partial charge in [-0.05, 0) is 52.8 Å². The molecule has 0 spiro atoms. The highest BCUT2D eigenvalue weighted by atomic mass is 33.1. The van der Waals surface area contributed by atoms with Crippen molar-refractivity contribution >= 4 is 50.0 Å². The number of aromatic nitrogens is 1. The average Bonchev–Trinajstić information content (AvgIpc) is 2.98. The Hall–Kier alpha value is -3.49.